The minimum atomic E-state index is -0.848. The molecule has 5 nitrogen and oxygen atoms in total. The number of hydrogen-bond donors (Lipinski definition) is 2. The van der Waals surface area contributed by atoms with Crippen molar-refractivity contribution < 1.29 is 19.4 Å². The summed E-state index contributed by atoms with van der Waals surface area (Å²) in [4.78, 5) is 21.5. The second-order valence-electron chi connectivity index (χ2n) is 3.30. The van der Waals surface area contributed by atoms with Crippen LogP contribution in [0.3, 0.4) is 0 Å². The Balaban J connectivity index is 0. The van der Waals surface area contributed by atoms with Crippen molar-refractivity contribution in [1.82, 2.24) is 5.32 Å². The molecule has 0 rings (SSSR count). The topological polar surface area (TPSA) is 75.6 Å². The minimum absolute atomic E-state index is 0.0739. The Hall–Kier alpha value is -1.10. The van der Waals surface area contributed by atoms with Crippen molar-refractivity contribution in [2.24, 2.45) is 0 Å². The van der Waals surface area contributed by atoms with E-state index in [0.29, 0.717) is 19.6 Å². The first kappa shape index (κ1) is 18.3. The Labute approximate surface area is 104 Å². The zero-order valence-electron chi connectivity index (χ0n) is 11.3. The van der Waals surface area contributed by atoms with Gasteiger partial charge in [0, 0.05) is 19.6 Å². The maximum Gasteiger partial charge on any atom is 0.303 e. The van der Waals surface area contributed by atoms with Gasteiger partial charge in [-0.25, -0.2) is 0 Å². The van der Waals surface area contributed by atoms with E-state index in [-0.39, 0.29) is 12.3 Å². The van der Waals surface area contributed by atoms with Crippen LogP contribution >= 0.6 is 0 Å². The highest BCUT2D eigenvalue weighted by Gasteiger charge is 2.11. The predicted octanol–water partition coefficient (Wildman–Crippen LogP) is 1.81. The molecular weight excluding hydrogens is 222 g/mol. The summed E-state index contributed by atoms with van der Waals surface area (Å²) < 4.78 is 5.20. The Morgan fingerprint density at radius 3 is 2.41 bits per heavy atom. The number of carboxylic acid groups (broad SMARTS) is 1. The van der Waals surface area contributed by atoms with Crippen molar-refractivity contribution in [2.45, 2.75) is 53.1 Å². The third-order valence-corrected chi connectivity index (χ3v) is 1.81. The number of ether oxygens (including phenoxy) is 1. The largest absolute Gasteiger partial charge is 0.481 e. The van der Waals surface area contributed by atoms with E-state index in [2.05, 4.69) is 5.32 Å². The third-order valence-electron chi connectivity index (χ3n) is 1.81. The van der Waals surface area contributed by atoms with Gasteiger partial charge in [-0.1, -0.05) is 20.8 Å². The smallest absolute Gasteiger partial charge is 0.303 e. The number of hydrogen-bond acceptors (Lipinski definition) is 3. The zero-order chi connectivity index (χ0) is 13.7. The molecule has 0 heterocycles. The lowest BCUT2D eigenvalue weighted by Gasteiger charge is -2.12. The van der Waals surface area contributed by atoms with E-state index in [9.17, 15) is 9.59 Å². The molecule has 1 atom stereocenters. The summed E-state index contributed by atoms with van der Waals surface area (Å²) in [5, 5.41) is 11.0. The van der Waals surface area contributed by atoms with E-state index in [1.165, 1.54) is 0 Å². The van der Waals surface area contributed by atoms with Crippen molar-refractivity contribution >= 4 is 11.9 Å². The first-order chi connectivity index (χ1) is 8.07. The summed E-state index contributed by atoms with van der Waals surface area (Å²) in [6, 6.07) is 0. The lowest BCUT2D eigenvalue weighted by Crippen LogP contribution is -2.35. The lowest BCUT2D eigenvalue weighted by molar-refractivity contribution is -0.137. The van der Waals surface area contributed by atoms with Gasteiger partial charge in [0.1, 0.15) is 6.10 Å². The summed E-state index contributed by atoms with van der Waals surface area (Å²) in [6.07, 6.45) is 0.928. The molecule has 5 heteroatoms. The normalized spacial score (nSPS) is 11.1. The van der Waals surface area contributed by atoms with E-state index in [1.807, 2.05) is 20.8 Å². The number of carbonyl (C=O) groups excluding carboxylic acids is 1. The second kappa shape index (κ2) is 13.0. The van der Waals surface area contributed by atoms with Crippen LogP contribution in [0.4, 0.5) is 0 Å². The van der Waals surface area contributed by atoms with E-state index in [1.54, 1.807) is 6.92 Å². The van der Waals surface area contributed by atoms with Gasteiger partial charge >= 0.3 is 5.97 Å². The molecule has 17 heavy (non-hydrogen) atoms. The van der Waals surface area contributed by atoms with E-state index in [4.69, 9.17) is 9.84 Å². The molecule has 0 aliphatic heterocycles. The molecule has 0 saturated heterocycles. The highest BCUT2D eigenvalue weighted by molar-refractivity contribution is 5.80. The summed E-state index contributed by atoms with van der Waals surface area (Å²) in [5.74, 6) is -1.03. The number of amides is 1. The van der Waals surface area contributed by atoms with Gasteiger partial charge in [0.15, 0.2) is 0 Å². The summed E-state index contributed by atoms with van der Waals surface area (Å²) >= 11 is 0. The SMILES string of the molecule is CC.CCCOC(C)C(=O)NCCCC(=O)O. The van der Waals surface area contributed by atoms with Crippen LogP contribution in [0, 0.1) is 0 Å². The first-order valence-electron chi connectivity index (χ1n) is 6.19. The maximum absolute atomic E-state index is 11.3. The van der Waals surface area contributed by atoms with Crippen LogP contribution in [0.25, 0.3) is 0 Å². The minimum Gasteiger partial charge on any atom is -0.481 e. The first-order valence-corrected chi connectivity index (χ1v) is 6.19. The van der Waals surface area contributed by atoms with Crippen LogP contribution in [0.2, 0.25) is 0 Å². The average molecular weight is 247 g/mol. The quantitative estimate of drug-likeness (QED) is 0.641. The lowest BCUT2D eigenvalue weighted by atomic mass is 10.3. The molecule has 0 radical (unpaired) electrons. The summed E-state index contributed by atoms with van der Waals surface area (Å²) in [7, 11) is 0. The van der Waals surface area contributed by atoms with Gasteiger partial charge in [-0.15, -0.1) is 0 Å². The second-order valence-corrected chi connectivity index (χ2v) is 3.30. The molecule has 0 aromatic rings. The van der Waals surface area contributed by atoms with Gasteiger partial charge in [-0.3, -0.25) is 9.59 Å². The van der Waals surface area contributed by atoms with Crippen LogP contribution in [0.15, 0.2) is 0 Å². The molecule has 2 N–H and O–H groups in total. The van der Waals surface area contributed by atoms with Gasteiger partial charge in [0.05, 0.1) is 0 Å². The molecule has 1 amide bonds. The molecule has 0 bridgehead atoms. The number of aliphatic carboxylic acids is 1. The Morgan fingerprint density at radius 2 is 1.94 bits per heavy atom. The molecule has 0 aromatic carbocycles. The third kappa shape index (κ3) is 12.8. The molecule has 102 valence electrons. The van der Waals surface area contributed by atoms with Gasteiger partial charge in [0.2, 0.25) is 5.91 Å². The fraction of sp³-hybridized carbons (Fsp3) is 0.833. The van der Waals surface area contributed by atoms with Crippen molar-refractivity contribution in [1.29, 1.82) is 0 Å². The van der Waals surface area contributed by atoms with E-state index >= 15 is 0 Å². The van der Waals surface area contributed by atoms with Gasteiger partial charge in [-0.05, 0) is 19.8 Å². The van der Waals surface area contributed by atoms with Crippen LogP contribution in [-0.4, -0.2) is 36.2 Å². The molecule has 0 fully saturated rings. The standard InChI is InChI=1S/C10H19NO4.C2H6/c1-3-7-15-8(2)10(14)11-6-4-5-9(12)13;1-2/h8H,3-7H2,1-2H3,(H,11,14)(H,12,13);1-2H3. The molecule has 1 unspecified atom stereocenters. The van der Waals surface area contributed by atoms with Crippen molar-refractivity contribution in [2.75, 3.05) is 13.2 Å². The molecule has 0 aromatic heterocycles. The van der Waals surface area contributed by atoms with Crippen LogP contribution in [-0.2, 0) is 14.3 Å². The summed E-state index contributed by atoms with van der Waals surface area (Å²) in [5.41, 5.74) is 0. The molecule has 0 saturated carbocycles. The van der Waals surface area contributed by atoms with Gasteiger partial charge < -0.3 is 15.2 Å². The highest BCUT2D eigenvalue weighted by atomic mass is 16.5. The monoisotopic (exact) mass is 247 g/mol. The van der Waals surface area contributed by atoms with Crippen molar-refractivity contribution in [3.05, 3.63) is 0 Å². The highest BCUT2D eigenvalue weighted by Crippen LogP contribution is 1.93. The van der Waals surface area contributed by atoms with Gasteiger partial charge in [0.25, 0.3) is 0 Å². The number of nitrogens with one attached hydrogen (secondary N) is 1. The average Bonchev–Trinajstić information content (AvgIpc) is 2.33. The molecule has 0 spiro atoms. The zero-order valence-corrected chi connectivity index (χ0v) is 11.3. The van der Waals surface area contributed by atoms with Gasteiger partial charge in [-0.2, -0.15) is 0 Å². The number of carboxylic acids is 1. The van der Waals surface area contributed by atoms with Crippen LogP contribution < -0.4 is 5.32 Å². The molecular formula is C12H25NO4. The number of carbonyl (C=O) groups is 2. The van der Waals surface area contributed by atoms with E-state index in [0.717, 1.165) is 6.42 Å². The number of rotatable bonds is 8. The van der Waals surface area contributed by atoms with Crippen molar-refractivity contribution in [3.63, 3.8) is 0 Å². The molecule has 0 aliphatic carbocycles. The van der Waals surface area contributed by atoms with E-state index < -0.39 is 12.1 Å². The van der Waals surface area contributed by atoms with Crippen LogP contribution in [0.1, 0.15) is 47.0 Å². The fourth-order valence-electron chi connectivity index (χ4n) is 0.965. The maximum atomic E-state index is 11.3. The van der Waals surface area contributed by atoms with Crippen molar-refractivity contribution in [3.8, 4) is 0 Å². The summed E-state index contributed by atoms with van der Waals surface area (Å²) in [6.45, 7) is 8.59. The fourth-order valence-corrected chi connectivity index (χ4v) is 0.965. The molecule has 0 aliphatic rings. The Morgan fingerprint density at radius 1 is 1.35 bits per heavy atom. The van der Waals surface area contributed by atoms with Crippen LogP contribution in [0.5, 0.6) is 0 Å². The predicted molar refractivity (Wildman–Crippen MR) is 66.9 cm³/mol. The Bertz CT molecular complexity index is 207. The Kier molecular flexibility index (Phi) is 13.9.